The molecule has 8 atom stereocenters. The van der Waals surface area contributed by atoms with Crippen molar-refractivity contribution in [2.75, 3.05) is 0 Å². The quantitative estimate of drug-likeness (QED) is 0.200. The van der Waals surface area contributed by atoms with Crippen LogP contribution in [0.5, 0.6) is 0 Å². The molecule has 31 heavy (non-hydrogen) atoms. The van der Waals surface area contributed by atoms with Crippen molar-refractivity contribution in [3.8, 4) is 0 Å². The van der Waals surface area contributed by atoms with Gasteiger partial charge in [0.25, 0.3) is 0 Å². The molecule has 0 nitrogen and oxygen atoms in total. The van der Waals surface area contributed by atoms with Crippen LogP contribution in [0, 0.1) is 59.2 Å². The number of hydrogen-bond donors (Lipinski definition) is 0. The van der Waals surface area contributed by atoms with E-state index in [0.717, 1.165) is 59.2 Å². The lowest BCUT2D eigenvalue weighted by Gasteiger charge is -2.26. The summed E-state index contributed by atoms with van der Waals surface area (Å²) in [7, 11) is 0. The van der Waals surface area contributed by atoms with Crippen molar-refractivity contribution < 1.29 is 0 Å². The third kappa shape index (κ3) is 14.7. The second-order valence-corrected chi connectivity index (χ2v) is 13.1. The Bertz CT molecular complexity index is 370. The maximum atomic E-state index is 2.51. The van der Waals surface area contributed by atoms with E-state index in [2.05, 4.69) is 83.1 Å². The smallest absolute Gasteiger partial charge is 0.0417 e. The molecule has 7 unspecified atom stereocenters. The Kier molecular flexibility index (Phi) is 16.6. The topological polar surface area (TPSA) is 0 Å². The van der Waals surface area contributed by atoms with Crippen LogP contribution < -0.4 is 0 Å². The van der Waals surface area contributed by atoms with Gasteiger partial charge in [0.1, 0.15) is 0 Å². The van der Waals surface area contributed by atoms with Crippen LogP contribution in [-0.2, 0) is 0 Å². The number of rotatable bonds is 18. The first kappa shape index (κ1) is 31.0. The first-order chi connectivity index (χ1) is 14.3. The van der Waals surface area contributed by atoms with Crippen LogP contribution in [-0.4, -0.2) is 0 Å². The third-order valence-electron chi connectivity index (χ3n) is 9.41. The van der Waals surface area contributed by atoms with Gasteiger partial charge in [-0.25, -0.2) is 0 Å². The molecule has 0 rings (SSSR count). The molecule has 0 saturated heterocycles. The zero-order chi connectivity index (χ0) is 24.1. The predicted octanol–water partition coefficient (Wildman–Crippen LogP) is 10.9. The van der Waals surface area contributed by atoms with E-state index in [-0.39, 0.29) is 0 Å². The Balaban J connectivity index is 4.08. The van der Waals surface area contributed by atoms with E-state index >= 15 is 0 Å². The molecule has 0 radical (unpaired) electrons. The van der Waals surface area contributed by atoms with E-state index in [9.17, 15) is 0 Å². The van der Waals surface area contributed by atoms with Crippen molar-refractivity contribution in [3.05, 3.63) is 0 Å². The van der Waals surface area contributed by atoms with Gasteiger partial charge < -0.3 is 0 Å². The molecule has 0 heteroatoms. The van der Waals surface area contributed by atoms with Crippen LogP contribution in [0.15, 0.2) is 0 Å². The van der Waals surface area contributed by atoms with Gasteiger partial charge in [-0.2, -0.15) is 0 Å². The van der Waals surface area contributed by atoms with E-state index in [1.165, 1.54) is 57.8 Å². The molecular formula is C31H64. The summed E-state index contributed by atoms with van der Waals surface area (Å²) in [5.41, 5.74) is 0. The summed E-state index contributed by atoms with van der Waals surface area (Å²) in [6.45, 7) is 29.4. The van der Waals surface area contributed by atoms with E-state index in [1.807, 2.05) is 0 Å². The SMILES string of the molecule is CC(CCC(C)C(C)CCC(C)C(C)C)C[C@H](C)CCC(C)C(C)CCC(C)C(C)C. The van der Waals surface area contributed by atoms with Crippen LogP contribution in [0.2, 0.25) is 0 Å². The Morgan fingerprint density at radius 2 is 0.516 bits per heavy atom. The monoisotopic (exact) mass is 437 g/mol. The van der Waals surface area contributed by atoms with Crippen molar-refractivity contribution in [3.63, 3.8) is 0 Å². The number of hydrogen-bond acceptors (Lipinski definition) is 0. The second-order valence-electron chi connectivity index (χ2n) is 13.1. The molecule has 0 amide bonds. The minimum atomic E-state index is 0.832. The summed E-state index contributed by atoms with van der Waals surface area (Å²) in [5, 5.41) is 0. The summed E-state index contributed by atoms with van der Waals surface area (Å²) in [6.07, 6.45) is 12.8. The van der Waals surface area contributed by atoms with Gasteiger partial charge in [-0.3, -0.25) is 0 Å². The van der Waals surface area contributed by atoms with Gasteiger partial charge in [0.2, 0.25) is 0 Å². The molecule has 188 valence electrons. The molecule has 0 aromatic carbocycles. The average Bonchev–Trinajstić information content (AvgIpc) is 2.71. The van der Waals surface area contributed by atoms with Gasteiger partial charge in [0.05, 0.1) is 0 Å². The highest BCUT2D eigenvalue weighted by Gasteiger charge is 2.19. The minimum Gasteiger partial charge on any atom is -0.0625 e. The molecule has 0 spiro atoms. The van der Waals surface area contributed by atoms with Gasteiger partial charge in [-0.05, 0) is 65.6 Å². The van der Waals surface area contributed by atoms with E-state index in [4.69, 9.17) is 0 Å². The zero-order valence-corrected chi connectivity index (χ0v) is 24.1. The van der Waals surface area contributed by atoms with Crippen molar-refractivity contribution in [2.45, 2.75) is 141 Å². The summed E-state index contributed by atoms with van der Waals surface area (Å²) in [4.78, 5) is 0. The Hall–Kier alpha value is 0. The molecule has 0 aliphatic rings. The van der Waals surface area contributed by atoms with Crippen molar-refractivity contribution in [1.29, 1.82) is 0 Å². The summed E-state index contributed by atoms with van der Waals surface area (Å²) in [6, 6.07) is 0. The molecule has 0 aliphatic heterocycles. The Morgan fingerprint density at radius 1 is 0.290 bits per heavy atom. The largest absolute Gasteiger partial charge is 0.0625 e. The molecule has 0 aliphatic carbocycles. The maximum Gasteiger partial charge on any atom is -0.0417 e. The van der Waals surface area contributed by atoms with Crippen molar-refractivity contribution in [1.82, 2.24) is 0 Å². The minimum absolute atomic E-state index is 0.832. The van der Waals surface area contributed by atoms with Gasteiger partial charge >= 0.3 is 0 Å². The fraction of sp³-hybridized carbons (Fsp3) is 1.00. The average molecular weight is 437 g/mol. The van der Waals surface area contributed by atoms with Crippen molar-refractivity contribution >= 4 is 0 Å². The van der Waals surface area contributed by atoms with Crippen LogP contribution in [0.3, 0.4) is 0 Å². The Labute approximate surface area is 200 Å². The lowest BCUT2D eigenvalue weighted by molar-refractivity contribution is 0.255. The molecule has 0 bridgehead atoms. The van der Waals surface area contributed by atoms with Crippen LogP contribution in [0.4, 0.5) is 0 Å². The maximum absolute atomic E-state index is 2.51. The molecule has 0 aromatic rings. The van der Waals surface area contributed by atoms with Gasteiger partial charge in [0, 0.05) is 0 Å². The summed E-state index contributed by atoms with van der Waals surface area (Å²) in [5.74, 6) is 8.71. The first-order valence-electron chi connectivity index (χ1n) is 14.3. The highest BCUT2D eigenvalue weighted by Crippen LogP contribution is 2.31. The van der Waals surface area contributed by atoms with E-state index in [0.29, 0.717) is 0 Å². The van der Waals surface area contributed by atoms with Crippen molar-refractivity contribution in [2.24, 2.45) is 59.2 Å². The fourth-order valence-electron chi connectivity index (χ4n) is 4.87. The lowest BCUT2D eigenvalue weighted by Crippen LogP contribution is -2.14. The van der Waals surface area contributed by atoms with Gasteiger partial charge in [0.15, 0.2) is 0 Å². The van der Waals surface area contributed by atoms with Crippen LogP contribution >= 0.6 is 0 Å². The summed E-state index contributed by atoms with van der Waals surface area (Å²) < 4.78 is 0. The lowest BCUT2D eigenvalue weighted by atomic mass is 9.80. The first-order valence-corrected chi connectivity index (χ1v) is 14.3. The van der Waals surface area contributed by atoms with Gasteiger partial charge in [-0.15, -0.1) is 0 Å². The predicted molar refractivity (Wildman–Crippen MR) is 145 cm³/mol. The normalized spacial score (nSPS) is 20.3. The fourth-order valence-corrected chi connectivity index (χ4v) is 4.87. The highest BCUT2D eigenvalue weighted by atomic mass is 14.2. The Morgan fingerprint density at radius 3 is 0.774 bits per heavy atom. The zero-order valence-electron chi connectivity index (χ0n) is 24.1. The molecule has 0 aromatic heterocycles. The van der Waals surface area contributed by atoms with Gasteiger partial charge in [-0.1, -0.05) is 134 Å². The molecule has 0 heterocycles. The standard InChI is InChI=1S/C31H64/c1-22(2)26(7)17-19-30(11)28(9)15-13-24(5)21-25(6)14-16-29(10)31(12)20-18-27(8)23(3)4/h22-31H,13-21H2,1-12H3/t24-,25?,26?,27?,28?,29?,30?,31?/m1/s1. The molecule has 0 fully saturated rings. The van der Waals surface area contributed by atoms with Crippen LogP contribution in [0.1, 0.15) is 141 Å². The molecule has 0 N–H and O–H groups in total. The summed E-state index contributed by atoms with van der Waals surface area (Å²) >= 11 is 0. The third-order valence-corrected chi connectivity index (χ3v) is 9.41. The molecule has 0 saturated carbocycles. The van der Waals surface area contributed by atoms with Crippen LogP contribution in [0.25, 0.3) is 0 Å². The molecular weight excluding hydrogens is 372 g/mol. The second kappa shape index (κ2) is 16.6. The van der Waals surface area contributed by atoms with E-state index < -0.39 is 0 Å². The highest BCUT2D eigenvalue weighted by molar-refractivity contribution is 4.70. The van der Waals surface area contributed by atoms with E-state index in [1.54, 1.807) is 0 Å².